The average molecular weight is 708 g/mol. The molecule has 0 saturated heterocycles. The molecule has 9 aromatic rings. The summed E-state index contributed by atoms with van der Waals surface area (Å²) in [5.74, 6) is 2.21. The molecule has 258 valence electrons. The molecule has 0 unspecified atom stereocenters. The summed E-state index contributed by atoms with van der Waals surface area (Å²) < 4.78 is 37.9. The lowest BCUT2D eigenvalue weighted by molar-refractivity contribution is -0.649. The Kier molecular flexibility index (Phi) is 7.06. The number of hydrogen-bond acceptors (Lipinski definition) is 2. The van der Waals surface area contributed by atoms with Gasteiger partial charge in [-0.05, 0) is 69.0 Å². The number of aryl methyl sites for hydroxylation is 1. The maximum Gasteiger partial charge on any atom is 0.339 e. The zero-order chi connectivity index (χ0) is 38.7. The van der Waals surface area contributed by atoms with Gasteiger partial charge in [0, 0.05) is 34.1 Å². The lowest BCUT2D eigenvalue weighted by atomic mass is 9.88. The van der Waals surface area contributed by atoms with Crippen LogP contribution in [0.3, 0.4) is 0 Å². The third kappa shape index (κ3) is 5.45. The first-order valence-corrected chi connectivity index (χ1v) is 19.8. The van der Waals surface area contributed by atoms with E-state index in [9.17, 15) is 0 Å². The van der Waals surface area contributed by atoms with Gasteiger partial charge in [-0.25, -0.2) is 4.98 Å². The van der Waals surface area contributed by atoms with Crippen molar-refractivity contribution in [3.63, 3.8) is 0 Å². The number of ether oxygens (including phenoxy) is 1. The molecule has 6 heteroatoms. The maximum atomic E-state index is 8.49. The molecule has 0 aliphatic carbocycles. The number of fused-ring (bicyclic) bond motifs is 4. The van der Waals surface area contributed by atoms with Gasteiger partial charge in [0.1, 0.15) is 17.3 Å². The molecular formula is C47H40N4OSi. The first-order chi connectivity index (χ1) is 27.0. The molecule has 5 nitrogen and oxygen atoms in total. The second-order valence-electron chi connectivity index (χ2n) is 14.5. The number of para-hydroxylation sites is 3. The Bertz CT molecular complexity index is 2840. The van der Waals surface area contributed by atoms with Gasteiger partial charge in [-0.2, -0.15) is 0 Å². The molecule has 53 heavy (non-hydrogen) atoms. The summed E-state index contributed by atoms with van der Waals surface area (Å²) in [7, 11) is -3.31. The second-order valence-corrected chi connectivity index (χ2v) is 18.1. The van der Waals surface area contributed by atoms with Gasteiger partial charge in [0.15, 0.2) is 6.33 Å². The Morgan fingerprint density at radius 1 is 0.623 bits per heavy atom. The number of hydrogen-bond donors (Lipinski definition) is 0. The summed E-state index contributed by atoms with van der Waals surface area (Å²) in [6.07, 6.45) is 5.28. The Balaban J connectivity index is 1.24. The van der Waals surface area contributed by atoms with Crippen LogP contribution in [0.25, 0.3) is 38.7 Å². The molecule has 0 N–H and O–H groups in total. The van der Waals surface area contributed by atoms with Crippen molar-refractivity contribution in [1.82, 2.24) is 13.8 Å². The van der Waals surface area contributed by atoms with E-state index >= 15 is 0 Å². The number of benzene rings is 6. The molecule has 0 amide bonds. The third-order valence-electron chi connectivity index (χ3n) is 10.3. The summed E-state index contributed by atoms with van der Waals surface area (Å²) >= 11 is 0. The summed E-state index contributed by atoms with van der Waals surface area (Å²) in [6, 6.07) is 55.6. The average Bonchev–Trinajstić information content (AvgIpc) is 3.76. The Morgan fingerprint density at radius 2 is 1.26 bits per heavy atom. The zero-order valence-electron chi connectivity index (χ0n) is 32.9. The monoisotopic (exact) mass is 707 g/mol. The van der Waals surface area contributed by atoms with Crippen molar-refractivity contribution in [3.05, 3.63) is 182 Å². The molecule has 0 spiro atoms. The van der Waals surface area contributed by atoms with Crippen LogP contribution in [0.1, 0.15) is 30.4 Å². The topological polar surface area (TPSA) is 35.9 Å². The molecule has 9 rings (SSSR count). The lowest BCUT2D eigenvalue weighted by Crippen LogP contribution is -2.72. The molecule has 0 atom stereocenters. The normalized spacial score (nSPS) is 13.2. The van der Waals surface area contributed by atoms with E-state index in [-0.39, 0.29) is 5.41 Å². The van der Waals surface area contributed by atoms with Gasteiger partial charge < -0.3 is 13.5 Å². The second kappa shape index (κ2) is 12.8. The molecule has 3 heterocycles. The molecule has 0 radical (unpaired) electrons. The van der Waals surface area contributed by atoms with Crippen molar-refractivity contribution < 1.29 is 13.4 Å². The fourth-order valence-corrected chi connectivity index (χ4v) is 12.4. The van der Waals surface area contributed by atoms with Gasteiger partial charge in [-0.15, -0.1) is 0 Å². The van der Waals surface area contributed by atoms with Crippen LogP contribution in [0, 0.1) is 6.33 Å². The van der Waals surface area contributed by atoms with Crippen molar-refractivity contribution in [2.45, 2.75) is 26.2 Å². The van der Waals surface area contributed by atoms with Gasteiger partial charge in [-0.3, -0.25) is 4.57 Å². The van der Waals surface area contributed by atoms with Crippen molar-refractivity contribution in [1.29, 1.82) is 0 Å². The molecule has 0 bridgehead atoms. The van der Waals surface area contributed by atoms with Crippen LogP contribution < -0.4 is 24.9 Å². The van der Waals surface area contributed by atoms with Crippen LogP contribution in [-0.4, -0.2) is 22.0 Å². The SMILES string of the molecule is [2H]C([2H])([2H])[n+]1[c-]n([Si](c2ccccc2)(c2ccccc2)c2cccc(Oc3ccc4c5ccccc5n(-c5cc(C(C)(C)C)ccn5)c4c3)c2)c2ccccc21. The van der Waals surface area contributed by atoms with Crippen LogP contribution in [0.5, 0.6) is 11.5 Å². The summed E-state index contributed by atoms with van der Waals surface area (Å²) in [6.45, 7) is 4.21. The molecule has 0 aliphatic heterocycles. The highest BCUT2D eigenvalue weighted by atomic mass is 28.3. The van der Waals surface area contributed by atoms with E-state index in [0.29, 0.717) is 17.0 Å². The van der Waals surface area contributed by atoms with E-state index in [0.717, 1.165) is 48.7 Å². The smallest absolute Gasteiger partial charge is 0.339 e. The third-order valence-corrected chi connectivity index (χ3v) is 14.8. The van der Waals surface area contributed by atoms with E-state index in [1.807, 2.05) is 85.1 Å². The van der Waals surface area contributed by atoms with Gasteiger partial charge >= 0.3 is 8.24 Å². The molecule has 0 fully saturated rings. The standard InChI is InChI=1S/C47H40N4OSi/c1-47(2,3)34-28-29-48-46(30-34)51-42-23-12-11-22-40(42)41-27-26-36(32-45(41)51)52-35-16-15-21-39(31-35)53(37-17-7-5-8-18-37,38-19-9-6-10-20-38)50-33-49(4)43-24-13-14-25-44(43)50/h5-32H,1-4H3/i4D3. The van der Waals surface area contributed by atoms with Crippen LogP contribution in [-0.2, 0) is 12.4 Å². The number of pyridine rings is 1. The van der Waals surface area contributed by atoms with Gasteiger partial charge in [0.25, 0.3) is 0 Å². The predicted molar refractivity (Wildman–Crippen MR) is 219 cm³/mol. The highest BCUT2D eigenvalue weighted by molar-refractivity contribution is 7.10. The Hall–Kier alpha value is -6.24. The number of aromatic nitrogens is 4. The molecular weight excluding hydrogens is 665 g/mol. The minimum absolute atomic E-state index is 0.0362. The molecule has 3 aromatic heterocycles. The van der Waals surface area contributed by atoms with E-state index in [4.69, 9.17) is 13.8 Å². The fourth-order valence-electron chi connectivity index (χ4n) is 7.74. The van der Waals surface area contributed by atoms with E-state index in [2.05, 4.69) is 121 Å². The summed E-state index contributed by atoms with van der Waals surface area (Å²) in [5.41, 5.74) is 4.63. The van der Waals surface area contributed by atoms with Crippen molar-refractivity contribution in [3.8, 4) is 17.3 Å². The first-order valence-electron chi connectivity index (χ1n) is 19.4. The number of imidazole rings is 1. The number of rotatable bonds is 7. The van der Waals surface area contributed by atoms with Gasteiger partial charge in [0.05, 0.1) is 22.1 Å². The highest BCUT2D eigenvalue weighted by Crippen LogP contribution is 2.36. The summed E-state index contributed by atoms with van der Waals surface area (Å²) in [5, 5.41) is 5.43. The first kappa shape index (κ1) is 29.3. The number of nitrogens with zero attached hydrogens (tertiary/aromatic N) is 4. The molecule has 0 saturated carbocycles. The van der Waals surface area contributed by atoms with Gasteiger partial charge in [0.2, 0.25) is 0 Å². The highest BCUT2D eigenvalue weighted by Gasteiger charge is 2.47. The van der Waals surface area contributed by atoms with E-state index in [1.165, 1.54) is 10.1 Å². The quantitative estimate of drug-likeness (QED) is 0.0723. The minimum Gasteiger partial charge on any atom is -0.457 e. The Morgan fingerprint density at radius 3 is 2.00 bits per heavy atom. The predicted octanol–water partition coefficient (Wildman–Crippen LogP) is 8.36. The zero-order valence-corrected chi connectivity index (χ0v) is 30.9. The minimum atomic E-state index is -3.31. The fraction of sp³-hybridized carbons (Fsp3) is 0.106. The molecule has 6 aromatic carbocycles. The van der Waals surface area contributed by atoms with E-state index in [1.54, 1.807) is 0 Å². The van der Waals surface area contributed by atoms with Crippen LogP contribution in [0.4, 0.5) is 0 Å². The van der Waals surface area contributed by atoms with Crippen molar-refractivity contribution >= 4 is 56.6 Å². The van der Waals surface area contributed by atoms with Crippen LogP contribution >= 0.6 is 0 Å². The lowest BCUT2D eigenvalue weighted by Gasteiger charge is -2.33. The van der Waals surface area contributed by atoms with Gasteiger partial charge in [-0.1, -0.05) is 136 Å². The Labute approximate surface area is 315 Å². The van der Waals surface area contributed by atoms with Crippen LogP contribution in [0.2, 0.25) is 0 Å². The van der Waals surface area contributed by atoms with Crippen LogP contribution in [0.15, 0.2) is 170 Å². The van der Waals surface area contributed by atoms with Crippen molar-refractivity contribution in [2.24, 2.45) is 6.98 Å². The van der Waals surface area contributed by atoms with Crippen molar-refractivity contribution in [2.75, 3.05) is 0 Å². The summed E-state index contributed by atoms with van der Waals surface area (Å²) in [4.78, 5) is 4.86. The van der Waals surface area contributed by atoms with E-state index < -0.39 is 15.2 Å². The molecule has 0 aliphatic rings. The largest absolute Gasteiger partial charge is 0.457 e. The maximum absolute atomic E-state index is 8.49.